The molecule has 0 unspecified atom stereocenters. The van der Waals surface area contributed by atoms with Crippen molar-refractivity contribution in [1.82, 2.24) is 4.90 Å². The molecule has 1 rings (SSSR count). The van der Waals surface area contributed by atoms with E-state index in [1.165, 1.54) is 19.3 Å². The third-order valence-corrected chi connectivity index (χ3v) is 3.68. The Kier molecular flexibility index (Phi) is 3.56. The van der Waals surface area contributed by atoms with Gasteiger partial charge in [0.2, 0.25) is 0 Å². The molecule has 0 aromatic carbocycles. The molecule has 0 aromatic rings. The molecule has 0 radical (unpaired) electrons. The first kappa shape index (κ1) is 12.0. The zero-order chi connectivity index (χ0) is 10.8. The van der Waals surface area contributed by atoms with Crippen molar-refractivity contribution in [1.29, 1.82) is 0 Å². The van der Waals surface area contributed by atoms with E-state index in [9.17, 15) is 5.11 Å². The Hall–Kier alpha value is -0.120. The van der Waals surface area contributed by atoms with E-state index in [0.29, 0.717) is 0 Å². The zero-order valence-corrected chi connectivity index (χ0v) is 9.71. The number of nitrogens with zero attached hydrogens (tertiary/aromatic N) is 1. The number of aliphatic hydroxyl groups is 1. The molecule has 0 atom stereocenters. The van der Waals surface area contributed by atoms with Crippen LogP contribution < -0.4 is 5.73 Å². The molecular weight excluding hydrogens is 176 g/mol. The smallest absolute Gasteiger partial charge is 0.0689 e. The second-order valence-electron chi connectivity index (χ2n) is 5.19. The minimum atomic E-state index is -0.216. The second kappa shape index (κ2) is 4.17. The number of aliphatic hydroxyl groups excluding tert-OH is 1. The fraction of sp³-hybridized carbons (Fsp3) is 1.00. The molecule has 0 amide bonds. The SMILES string of the molecule is CN(C(C)(C)CO)C1(N)CCCCC1. The first-order chi connectivity index (χ1) is 6.42. The van der Waals surface area contributed by atoms with Crippen molar-refractivity contribution in [2.45, 2.75) is 57.2 Å². The first-order valence-electron chi connectivity index (χ1n) is 5.56. The molecule has 0 heterocycles. The number of hydrogen-bond donors (Lipinski definition) is 2. The molecule has 1 aliphatic rings. The van der Waals surface area contributed by atoms with Gasteiger partial charge in [0.25, 0.3) is 0 Å². The van der Waals surface area contributed by atoms with Gasteiger partial charge in [0, 0.05) is 5.54 Å². The molecule has 1 aliphatic carbocycles. The Morgan fingerprint density at radius 1 is 1.29 bits per heavy atom. The quantitative estimate of drug-likeness (QED) is 0.675. The van der Waals surface area contributed by atoms with Gasteiger partial charge in [-0.3, -0.25) is 4.90 Å². The summed E-state index contributed by atoms with van der Waals surface area (Å²) in [7, 11) is 2.03. The highest BCUT2D eigenvalue weighted by molar-refractivity contribution is 4.93. The molecule has 3 nitrogen and oxygen atoms in total. The predicted octanol–water partition coefficient (Wildman–Crippen LogP) is 1.31. The summed E-state index contributed by atoms with van der Waals surface area (Å²) in [6.45, 7) is 4.23. The van der Waals surface area contributed by atoms with Crippen LogP contribution in [0, 0.1) is 0 Å². The van der Waals surface area contributed by atoms with Crippen molar-refractivity contribution >= 4 is 0 Å². The number of rotatable bonds is 3. The van der Waals surface area contributed by atoms with Gasteiger partial charge in [-0.15, -0.1) is 0 Å². The molecule has 0 saturated heterocycles. The maximum atomic E-state index is 9.31. The average Bonchev–Trinajstić information content (AvgIpc) is 2.18. The Bertz CT molecular complexity index is 186. The molecule has 1 fully saturated rings. The Morgan fingerprint density at radius 3 is 2.21 bits per heavy atom. The lowest BCUT2D eigenvalue weighted by atomic mass is 9.85. The number of hydrogen-bond acceptors (Lipinski definition) is 3. The molecule has 3 N–H and O–H groups in total. The van der Waals surface area contributed by atoms with E-state index in [2.05, 4.69) is 4.90 Å². The normalized spacial score (nSPS) is 22.7. The van der Waals surface area contributed by atoms with E-state index in [1.807, 2.05) is 20.9 Å². The maximum Gasteiger partial charge on any atom is 0.0689 e. The van der Waals surface area contributed by atoms with Gasteiger partial charge in [-0.05, 0) is 33.7 Å². The summed E-state index contributed by atoms with van der Waals surface area (Å²) in [6, 6.07) is 0. The van der Waals surface area contributed by atoms with Crippen molar-refractivity contribution in [2.24, 2.45) is 5.73 Å². The monoisotopic (exact) mass is 200 g/mol. The predicted molar refractivity (Wildman–Crippen MR) is 58.9 cm³/mol. The van der Waals surface area contributed by atoms with Gasteiger partial charge >= 0.3 is 0 Å². The molecule has 0 aromatic heterocycles. The van der Waals surface area contributed by atoms with Gasteiger partial charge in [0.1, 0.15) is 0 Å². The summed E-state index contributed by atoms with van der Waals surface area (Å²) in [4.78, 5) is 2.15. The molecule has 0 spiro atoms. The van der Waals surface area contributed by atoms with Crippen molar-refractivity contribution in [3.05, 3.63) is 0 Å². The lowest BCUT2D eigenvalue weighted by molar-refractivity contribution is -0.0279. The van der Waals surface area contributed by atoms with E-state index < -0.39 is 0 Å². The molecular formula is C11H24N2O. The maximum absolute atomic E-state index is 9.31. The summed E-state index contributed by atoms with van der Waals surface area (Å²) in [5.41, 5.74) is 5.96. The van der Waals surface area contributed by atoms with Gasteiger partial charge in [-0.25, -0.2) is 0 Å². The van der Waals surface area contributed by atoms with Crippen LogP contribution in [-0.4, -0.2) is 34.9 Å². The van der Waals surface area contributed by atoms with Crippen LogP contribution in [0.2, 0.25) is 0 Å². The van der Waals surface area contributed by atoms with Crippen molar-refractivity contribution in [3.8, 4) is 0 Å². The molecule has 84 valence electrons. The highest BCUT2D eigenvalue weighted by Crippen LogP contribution is 2.32. The van der Waals surface area contributed by atoms with E-state index in [1.54, 1.807) is 0 Å². The molecule has 14 heavy (non-hydrogen) atoms. The summed E-state index contributed by atoms with van der Waals surface area (Å²) in [6.07, 6.45) is 5.82. The van der Waals surface area contributed by atoms with E-state index in [-0.39, 0.29) is 17.8 Å². The van der Waals surface area contributed by atoms with Gasteiger partial charge in [-0.2, -0.15) is 0 Å². The lowest BCUT2D eigenvalue weighted by Crippen LogP contribution is -2.63. The fourth-order valence-corrected chi connectivity index (χ4v) is 2.21. The average molecular weight is 200 g/mol. The van der Waals surface area contributed by atoms with Crippen molar-refractivity contribution < 1.29 is 5.11 Å². The molecule has 3 heteroatoms. The van der Waals surface area contributed by atoms with Crippen LogP contribution in [0.1, 0.15) is 46.0 Å². The number of nitrogens with two attached hydrogens (primary N) is 1. The van der Waals surface area contributed by atoms with Gasteiger partial charge < -0.3 is 10.8 Å². The Labute approximate surface area is 87.3 Å². The van der Waals surface area contributed by atoms with E-state index in [0.717, 1.165) is 12.8 Å². The van der Waals surface area contributed by atoms with E-state index in [4.69, 9.17) is 5.73 Å². The van der Waals surface area contributed by atoms with E-state index >= 15 is 0 Å². The molecule has 1 saturated carbocycles. The minimum Gasteiger partial charge on any atom is -0.394 e. The summed E-state index contributed by atoms with van der Waals surface area (Å²) in [5, 5.41) is 9.31. The molecule has 0 aliphatic heterocycles. The fourth-order valence-electron chi connectivity index (χ4n) is 2.21. The Morgan fingerprint density at radius 2 is 1.79 bits per heavy atom. The first-order valence-corrected chi connectivity index (χ1v) is 5.56. The van der Waals surface area contributed by atoms with Crippen LogP contribution in [0.4, 0.5) is 0 Å². The van der Waals surface area contributed by atoms with Crippen LogP contribution >= 0.6 is 0 Å². The third-order valence-electron chi connectivity index (χ3n) is 3.68. The Balaban J connectivity index is 2.70. The topological polar surface area (TPSA) is 49.5 Å². The van der Waals surface area contributed by atoms with Gasteiger partial charge in [-0.1, -0.05) is 19.3 Å². The number of likely N-dealkylation sites (N-methyl/N-ethyl adjacent to an activating group) is 1. The summed E-state index contributed by atoms with van der Waals surface area (Å²) >= 11 is 0. The largest absolute Gasteiger partial charge is 0.394 e. The van der Waals surface area contributed by atoms with Crippen LogP contribution in [0.3, 0.4) is 0 Å². The zero-order valence-electron chi connectivity index (χ0n) is 9.71. The van der Waals surface area contributed by atoms with Crippen LogP contribution in [0.15, 0.2) is 0 Å². The standard InChI is InChI=1S/C11H24N2O/c1-10(2,9-14)13(3)11(12)7-5-4-6-8-11/h14H,4-9,12H2,1-3H3. The molecule has 0 bridgehead atoms. The van der Waals surface area contributed by atoms with Crippen molar-refractivity contribution in [3.63, 3.8) is 0 Å². The highest BCUT2D eigenvalue weighted by Gasteiger charge is 2.38. The third kappa shape index (κ3) is 2.27. The highest BCUT2D eigenvalue weighted by atomic mass is 16.3. The van der Waals surface area contributed by atoms with Crippen LogP contribution in [0.25, 0.3) is 0 Å². The van der Waals surface area contributed by atoms with Crippen LogP contribution in [0.5, 0.6) is 0 Å². The summed E-state index contributed by atoms with van der Waals surface area (Å²) < 4.78 is 0. The lowest BCUT2D eigenvalue weighted by Gasteiger charge is -2.49. The minimum absolute atomic E-state index is 0.155. The van der Waals surface area contributed by atoms with Crippen LogP contribution in [-0.2, 0) is 0 Å². The van der Waals surface area contributed by atoms with Gasteiger partial charge in [0.15, 0.2) is 0 Å². The van der Waals surface area contributed by atoms with Crippen molar-refractivity contribution in [2.75, 3.05) is 13.7 Å². The summed E-state index contributed by atoms with van der Waals surface area (Å²) in [5.74, 6) is 0. The second-order valence-corrected chi connectivity index (χ2v) is 5.19. The van der Waals surface area contributed by atoms with Gasteiger partial charge in [0.05, 0.1) is 12.3 Å².